The monoisotopic (exact) mass is 392 g/mol. The molecule has 2 aromatic heterocycles. The van der Waals surface area contributed by atoms with E-state index in [1.54, 1.807) is 19.9 Å². The van der Waals surface area contributed by atoms with E-state index in [4.69, 9.17) is 11.6 Å². The van der Waals surface area contributed by atoms with Crippen LogP contribution >= 0.6 is 11.6 Å². The Balaban J connectivity index is 1.85. The highest BCUT2D eigenvalue weighted by molar-refractivity contribution is 6.31. The standard InChI is InChI=1S/C16H14ClFN6O3/c1-8-15(19-16(25)13-6-14(21-20-13)24(26)27)9(2)23(22-8)7-10-11(17)4-3-5-12(10)18/h3-6H,7H2,1-2H3,(H,19,25)(H,20,21). The number of aromatic amines is 1. The molecule has 27 heavy (non-hydrogen) atoms. The zero-order valence-corrected chi connectivity index (χ0v) is 15.0. The van der Waals surface area contributed by atoms with Crippen LogP contribution in [0.5, 0.6) is 0 Å². The fourth-order valence-corrected chi connectivity index (χ4v) is 2.79. The molecule has 0 aliphatic heterocycles. The van der Waals surface area contributed by atoms with E-state index in [9.17, 15) is 19.3 Å². The lowest BCUT2D eigenvalue weighted by Gasteiger charge is -2.08. The quantitative estimate of drug-likeness (QED) is 0.510. The van der Waals surface area contributed by atoms with Gasteiger partial charge in [-0.05, 0) is 30.9 Å². The number of benzene rings is 1. The predicted octanol–water partition coefficient (Wildman–Crippen LogP) is 3.22. The molecular formula is C16H14ClFN6O3. The number of aromatic nitrogens is 4. The van der Waals surface area contributed by atoms with Crippen LogP contribution in [0.1, 0.15) is 27.4 Å². The molecule has 0 saturated heterocycles. The maximum Gasteiger partial charge on any atom is 0.343 e. The average molecular weight is 393 g/mol. The number of nitrogens with one attached hydrogen (secondary N) is 2. The molecule has 1 aromatic carbocycles. The molecular weight excluding hydrogens is 379 g/mol. The third-order valence-corrected chi connectivity index (χ3v) is 4.34. The lowest BCUT2D eigenvalue weighted by Crippen LogP contribution is -2.14. The number of amides is 1. The first-order valence-electron chi connectivity index (χ1n) is 7.76. The summed E-state index contributed by atoms with van der Waals surface area (Å²) in [5.41, 5.74) is 1.64. The summed E-state index contributed by atoms with van der Waals surface area (Å²) >= 11 is 6.05. The van der Waals surface area contributed by atoms with Gasteiger partial charge < -0.3 is 15.4 Å². The van der Waals surface area contributed by atoms with Gasteiger partial charge in [0.05, 0.1) is 29.7 Å². The van der Waals surface area contributed by atoms with Gasteiger partial charge in [0.2, 0.25) is 0 Å². The number of nitrogens with zero attached hydrogens (tertiary/aromatic N) is 4. The largest absolute Gasteiger partial charge is 0.358 e. The smallest absolute Gasteiger partial charge is 0.343 e. The van der Waals surface area contributed by atoms with Crippen LogP contribution in [0.3, 0.4) is 0 Å². The molecule has 0 aliphatic rings. The number of nitro groups is 1. The van der Waals surface area contributed by atoms with Crippen molar-refractivity contribution in [3.8, 4) is 0 Å². The Labute approximate surface area is 157 Å². The Hall–Kier alpha value is -3.27. The first-order valence-corrected chi connectivity index (χ1v) is 8.13. The summed E-state index contributed by atoms with van der Waals surface area (Å²) in [6.45, 7) is 3.47. The maximum absolute atomic E-state index is 14.0. The fourth-order valence-electron chi connectivity index (χ4n) is 2.56. The normalized spacial score (nSPS) is 10.8. The van der Waals surface area contributed by atoms with Crippen LogP contribution in [0.15, 0.2) is 24.3 Å². The lowest BCUT2D eigenvalue weighted by molar-refractivity contribution is -0.389. The van der Waals surface area contributed by atoms with Crippen LogP contribution in [-0.2, 0) is 6.54 Å². The summed E-state index contributed by atoms with van der Waals surface area (Å²) in [5.74, 6) is -1.48. The van der Waals surface area contributed by atoms with Gasteiger partial charge in [0.25, 0.3) is 5.91 Å². The van der Waals surface area contributed by atoms with E-state index in [-0.39, 0.29) is 22.8 Å². The molecule has 9 nitrogen and oxygen atoms in total. The summed E-state index contributed by atoms with van der Waals surface area (Å²) in [6, 6.07) is 5.43. The number of hydrogen-bond donors (Lipinski definition) is 2. The van der Waals surface area contributed by atoms with Crippen molar-refractivity contribution in [2.24, 2.45) is 0 Å². The summed E-state index contributed by atoms with van der Waals surface area (Å²) in [4.78, 5) is 22.3. The van der Waals surface area contributed by atoms with E-state index in [1.165, 1.54) is 16.8 Å². The second-order valence-corrected chi connectivity index (χ2v) is 6.16. The molecule has 0 atom stereocenters. The van der Waals surface area contributed by atoms with Crippen molar-refractivity contribution < 1.29 is 14.1 Å². The zero-order valence-electron chi connectivity index (χ0n) is 14.3. The number of carbonyl (C=O) groups excluding carboxylic acids is 1. The molecule has 0 bridgehead atoms. The van der Waals surface area contributed by atoms with Crippen molar-refractivity contribution in [1.82, 2.24) is 20.0 Å². The van der Waals surface area contributed by atoms with Crippen molar-refractivity contribution in [3.63, 3.8) is 0 Å². The summed E-state index contributed by atoms with van der Waals surface area (Å²) < 4.78 is 15.5. The second kappa shape index (κ2) is 7.16. The lowest BCUT2D eigenvalue weighted by atomic mass is 10.2. The molecule has 0 saturated carbocycles. The van der Waals surface area contributed by atoms with Crippen molar-refractivity contribution in [2.75, 3.05) is 5.32 Å². The molecule has 0 fully saturated rings. The van der Waals surface area contributed by atoms with Crippen molar-refractivity contribution in [3.05, 3.63) is 67.9 Å². The van der Waals surface area contributed by atoms with E-state index < -0.39 is 22.5 Å². The van der Waals surface area contributed by atoms with Gasteiger partial charge in [-0.15, -0.1) is 5.10 Å². The van der Waals surface area contributed by atoms with Crippen LogP contribution in [0.25, 0.3) is 0 Å². The Morgan fingerprint density at radius 2 is 2.19 bits per heavy atom. The first-order chi connectivity index (χ1) is 12.8. The molecule has 0 unspecified atom stereocenters. The van der Waals surface area contributed by atoms with Gasteiger partial charge in [-0.2, -0.15) is 5.10 Å². The summed E-state index contributed by atoms with van der Waals surface area (Å²) in [6.07, 6.45) is 0. The van der Waals surface area contributed by atoms with Crippen LogP contribution in [-0.4, -0.2) is 30.8 Å². The molecule has 2 N–H and O–H groups in total. The highest BCUT2D eigenvalue weighted by Crippen LogP contribution is 2.25. The van der Waals surface area contributed by atoms with Gasteiger partial charge >= 0.3 is 5.82 Å². The van der Waals surface area contributed by atoms with Crippen LogP contribution in [0.2, 0.25) is 5.02 Å². The number of hydrogen-bond acceptors (Lipinski definition) is 5. The minimum absolute atomic E-state index is 0.0852. The van der Waals surface area contributed by atoms with Crippen LogP contribution in [0, 0.1) is 29.8 Å². The second-order valence-electron chi connectivity index (χ2n) is 5.75. The fraction of sp³-hybridized carbons (Fsp3) is 0.188. The Morgan fingerprint density at radius 3 is 2.81 bits per heavy atom. The minimum Gasteiger partial charge on any atom is -0.358 e. The minimum atomic E-state index is -0.684. The number of carbonyl (C=O) groups is 1. The number of halogens is 2. The highest BCUT2D eigenvalue weighted by Gasteiger charge is 2.21. The summed E-state index contributed by atoms with van der Waals surface area (Å²) in [7, 11) is 0. The highest BCUT2D eigenvalue weighted by atomic mass is 35.5. The molecule has 140 valence electrons. The van der Waals surface area contributed by atoms with Crippen molar-refractivity contribution >= 4 is 29.0 Å². The van der Waals surface area contributed by atoms with Crippen molar-refractivity contribution in [1.29, 1.82) is 0 Å². The third kappa shape index (κ3) is 3.65. The Kier molecular flexibility index (Phi) is 4.91. The Bertz CT molecular complexity index is 1020. The SMILES string of the molecule is Cc1nn(Cc2c(F)cccc2Cl)c(C)c1NC(=O)c1cc([N+](=O)[O-])[nH]n1. The average Bonchev–Trinajstić information content (AvgIpc) is 3.19. The number of aryl methyl sites for hydroxylation is 1. The van der Waals surface area contributed by atoms with E-state index in [0.29, 0.717) is 17.1 Å². The predicted molar refractivity (Wildman–Crippen MR) is 95.4 cm³/mol. The van der Waals surface area contributed by atoms with E-state index in [1.807, 2.05) is 0 Å². The maximum atomic E-state index is 14.0. The topological polar surface area (TPSA) is 119 Å². The number of rotatable bonds is 5. The van der Waals surface area contributed by atoms with Gasteiger partial charge in [-0.1, -0.05) is 22.8 Å². The molecule has 0 aliphatic carbocycles. The first kappa shape index (κ1) is 18.5. The molecule has 3 aromatic rings. The van der Waals surface area contributed by atoms with Gasteiger partial charge in [0, 0.05) is 10.6 Å². The van der Waals surface area contributed by atoms with Crippen LogP contribution in [0.4, 0.5) is 15.9 Å². The van der Waals surface area contributed by atoms with E-state index in [0.717, 1.165) is 6.07 Å². The molecule has 11 heteroatoms. The Morgan fingerprint density at radius 1 is 1.44 bits per heavy atom. The molecule has 3 rings (SSSR count). The van der Waals surface area contributed by atoms with Crippen molar-refractivity contribution in [2.45, 2.75) is 20.4 Å². The van der Waals surface area contributed by atoms with Gasteiger partial charge in [0.1, 0.15) is 5.82 Å². The summed E-state index contributed by atoms with van der Waals surface area (Å²) in [5, 5.41) is 23.7. The van der Waals surface area contributed by atoms with E-state index in [2.05, 4.69) is 20.6 Å². The molecule has 1 amide bonds. The van der Waals surface area contributed by atoms with Crippen LogP contribution < -0.4 is 5.32 Å². The molecule has 0 radical (unpaired) electrons. The molecule has 0 spiro atoms. The van der Waals surface area contributed by atoms with Gasteiger partial charge in [0.15, 0.2) is 5.69 Å². The number of H-pyrrole nitrogens is 1. The zero-order chi connectivity index (χ0) is 19.7. The third-order valence-electron chi connectivity index (χ3n) is 3.98. The van der Waals surface area contributed by atoms with Gasteiger partial charge in [-0.25, -0.2) is 4.39 Å². The number of anilines is 1. The van der Waals surface area contributed by atoms with E-state index >= 15 is 0 Å². The molecule has 2 heterocycles. The van der Waals surface area contributed by atoms with Gasteiger partial charge in [-0.3, -0.25) is 9.48 Å².